The molecule has 1 fully saturated rings. The molecular formula is C14H15ClN2OS. The lowest BCUT2D eigenvalue weighted by Gasteiger charge is -2.11. The van der Waals surface area contributed by atoms with E-state index in [0.717, 1.165) is 34.5 Å². The van der Waals surface area contributed by atoms with E-state index in [1.165, 1.54) is 11.3 Å². The highest BCUT2D eigenvalue weighted by molar-refractivity contribution is 7.20. The van der Waals surface area contributed by atoms with Crippen molar-refractivity contribution in [3.63, 3.8) is 0 Å². The third-order valence-corrected chi connectivity index (χ3v) is 4.89. The fraction of sp³-hybridized carbons (Fsp3) is 0.357. The van der Waals surface area contributed by atoms with E-state index in [4.69, 9.17) is 11.6 Å². The predicted molar refractivity (Wildman–Crippen MR) is 80.2 cm³/mol. The highest BCUT2D eigenvalue weighted by atomic mass is 35.5. The smallest absolute Gasteiger partial charge is 0.261 e. The maximum Gasteiger partial charge on any atom is 0.261 e. The lowest BCUT2D eigenvalue weighted by atomic mass is 10.2. The van der Waals surface area contributed by atoms with Gasteiger partial charge in [-0.2, -0.15) is 0 Å². The summed E-state index contributed by atoms with van der Waals surface area (Å²) in [4.78, 5) is 15.2. The fourth-order valence-corrected chi connectivity index (χ4v) is 3.72. The number of hydrogen-bond donors (Lipinski definition) is 1. The highest BCUT2D eigenvalue weighted by Gasteiger charge is 2.22. The van der Waals surface area contributed by atoms with Crippen LogP contribution in [0.4, 0.5) is 0 Å². The van der Waals surface area contributed by atoms with Gasteiger partial charge >= 0.3 is 0 Å². The van der Waals surface area contributed by atoms with Crippen LogP contribution >= 0.6 is 22.9 Å². The highest BCUT2D eigenvalue weighted by Crippen LogP contribution is 2.31. The molecule has 19 heavy (non-hydrogen) atoms. The molecule has 1 aromatic carbocycles. The SMILES string of the molecule is CN1CC[C@@H](NC(=O)c2cc3c(Cl)cccc3s2)C1. The molecule has 3 rings (SSSR count). The average molecular weight is 295 g/mol. The number of rotatable bonds is 2. The second kappa shape index (κ2) is 5.12. The summed E-state index contributed by atoms with van der Waals surface area (Å²) in [5.41, 5.74) is 0. The zero-order valence-electron chi connectivity index (χ0n) is 10.6. The lowest BCUT2D eigenvalue weighted by Crippen LogP contribution is -2.36. The summed E-state index contributed by atoms with van der Waals surface area (Å²) >= 11 is 7.63. The van der Waals surface area contributed by atoms with E-state index in [0.29, 0.717) is 5.02 Å². The summed E-state index contributed by atoms with van der Waals surface area (Å²) in [6.45, 7) is 1.97. The van der Waals surface area contributed by atoms with Gasteiger partial charge in [0.2, 0.25) is 0 Å². The number of benzene rings is 1. The van der Waals surface area contributed by atoms with Gasteiger partial charge in [-0.05, 0) is 38.2 Å². The molecule has 0 bridgehead atoms. The molecule has 1 N–H and O–H groups in total. The van der Waals surface area contributed by atoms with E-state index in [-0.39, 0.29) is 11.9 Å². The van der Waals surface area contributed by atoms with Crippen molar-refractivity contribution in [2.24, 2.45) is 0 Å². The first kappa shape index (κ1) is 12.9. The van der Waals surface area contributed by atoms with Crippen molar-refractivity contribution in [3.05, 3.63) is 34.2 Å². The molecule has 0 unspecified atom stereocenters. The quantitative estimate of drug-likeness (QED) is 0.923. The number of carbonyl (C=O) groups excluding carboxylic acids is 1. The van der Waals surface area contributed by atoms with Crippen LogP contribution in [-0.2, 0) is 0 Å². The molecule has 0 spiro atoms. The van der Waals surface area contributed by atoms with Gasteiger partial charge in [-0.1, -0.05) is 17.7 Å². The first-order chi connectivity index (χ1) is 9.13. The Bertz CT molecular complexity index is 625. The largest absolute Gasteiger partial charge is 0.347 e. The van der Waals surface area contributed by atoms with E-state index in [1.807, 2.05) is 24.3 Å². The van der Waals surface area contributed by atoms with Gasteiger partial charge < -0.3 is 10.2 Å². The van der Waals surface area contributed by atoms with Crippen LogP contribution in [0.2, 0.25) is 5.02 Å². The molecule has 0 aliphatic carbocycles. The van der Waals surface area contributed by atoms with Crippen LogP contribution in [-0.4, -0.2) is 37.0 Å². The third kappa shape index (κ3) is 2.61. The second-order valence-electron chi connectivity index (χ2n) is 4.98. The van der Waals surface area contributed by atoms with Gasteiger partial charge in [0.15, 0.2) is 0 Å². The number of nitrogens with zero attached hydrogens (tertiary/aromatic N) is 1. The third-order valence-electron chi connectivity index (χ3n) is 3.46. The summed E-state index contributed by atoms with van der Waals surface area (Å²) < 4.78 is 1.06. The summed E-state index contributed by atoms with van der Waals surface area (Å²) in [5.74, 6) is 0.0116. The van der Waals surface area contributed by atoms with Crippen molar-refractivity contribution >= 4 is 38.9 Å². The lowest BCUT2D eigenvalue weighted by molar-refractivity contribution is 0.0942. The minimum atomic E-state index is 0.0116. The first-order valence-electron chi connectivity index (χ1n) is 6.31. The monoisotopic (exact) mass is 294 g/mol. The van der Waals surface area contributed by atoms with Gasteiger partial charge in [-0.3, -0.25) is 4.79 Å². The van der Waals surface area contributed by atoms with Crippen molar-refractivity contribution in [1.29, 1.82) is 0 Å². The van der Waals surface area contributed by atoms with Gasteiger partial charge in [-0.15, -0.1) is 11.3 Å². The number of thiophene rings is 1. The molecule has 2 aromatic rings. The summed E-state index contributed by atoms with van der Waals surface area (Å²) in [6, 6.07) is 7.90. The molecule has 0 saturated carbocycles. The molecule has 1 saturated heterocycles. The van der Waals surface area contributed by atoms with Crippen molar-refractivity contribution in [2.45, 2.75) is 12.5 Å². The summed E-state index contributed by atoms with van der Waals surface area (Å²) in [7, 11) is 2.07. The van der Waals surface area contributed by atoms with Crippen LogP contribution in [0, 0.1) is 0 Å². The Kier molecular flexibility index (Phi) is 3.48. The minimum absolute atomic E-state index is 0.0116. The zero-order chi connectivity index (χ0) is 13.4. The van der Waals surface area contributed by atoms with Crippen LogP contribution < -0.4 is 5.32 Å². The molecule has 1 aromatic heterocycles. The Morgan fingerprint density at radius 3 is 3.05 bits per heavy atom. The molecule has 1 aliphatic heterocycles. The van der Waals surface area contributed by atoms with Crippen LogP contribution in [0.3, 0.4) is 0 Å². The van der Waals surface area contributed by atoms with Gasteiger partial charge in [0.25, 0.3) is 5.91 Å². The second-order valence-corrected chi connectivity index (χ2v) is 6.47. The number of likely N-dealkylation sites (tertiary alicyclic amines) is 1. The molecule has 2 heterocycles. The van der Waals surface area contributed by atoms with Gasteiger partial charge in [0.05, 0.1) is 4.88 Å². The number of amides is 1. The summed E-state index contributed by atoms with van der Waals surface area (Å²) in [5, 5.41) is 4.76. The Morgan fingerprint density at radius 2 is 2.37 bits per heavy atom. The molecule has 1 amide bonds. The number of fused-ring (bicyclic) bond motifs is 1. The predicted octanol–water partition coefficient (Wildman–Crippen LogP) is 2.99. The van der Waals surface area contributed by atoms with Gasteiger partial charge in [0.1, 0.15) is 0 Å². The van der Waals surface area contributed by atoms with Crippen molar-refractivity contribution in [3.8, 4) is 0 Å². The Hall–Kier alpha value is -1.10. The normalized spacial score (nSPS) is 20.0. The number of nitrogens with one attached hydrogen (secondary N) is 1. The Balaban J connectivity index is 1.80. The topological polar surface area (TPSA) is 32.3 Å². The molecule has 1 aliphatic rings. The van der Waals surface area contributed by atoms with E-state index >= 15 is 0 Å². The van der Waals surface area contributed by atoms with E-state index in [9.17, 15) is 4.79 Å². The molecule has 100 valence electrons. The van der Waals surface area contributed by atoms with Gasteiger partial charge in [0, 0.05) is 27.7 Å². The number of halogens is 1. The fourth-order valence-electron chi connectivity index (χ4n) is 2.45. The van der Waals surface area contributed by atoms with Crippen LogP contribution in [0.25, 0.3) is 10.1 Å². The zero-order valence-corrected chi connectivity index (χ0v) is 12.2. The van der Waals surface area contributed by atoms with E-state index in [2.05, 4.69) is 17.3 Å². The van der Waals surface area contributed by atoms with E-state index < -0.39 is 0 Å². The molecular weight excluding hydrogens is 280 g/mol. The first-order valence-corrected chi connectivity index (χ1v) is 7.50. The van der Waals surface area contributed by atoms with Crippen LogP contribution in [0.15, 0.2) is 24.3 Å². The van der Waals surface area contributed by atoms with Gasteiger partial charge in [-0.25, -0.2) is 0 Å². The number of hydrogen-bond acceptors (Lipinski definition) is 3. The maximum atomic E-state index is 12.2. The minimum Gasteiger partial charge on any atom is -0.347 e. The molecule has 1 atom stereocenters. The van der Waals surface area contributed by atoms with Crippen LogP contribution in [0.1, 0.15) is 16.1 Å². The van der Waals surface area contributed by atoms with Crippen molar-refractivity contribution in [1.82, 2.24) is 10.2 Å². The van der Waals surface area contributed by atoms with E-state index in [1.54, 1.807) is 0 Å². The molecule has 5 heteroatoms. The number of likely N-dealkylation sites (N-methyl/N-ethyl adjacent to an activating group) is 1. The van der Waals surface area contributed by atoms with Crippen LogP contribution in [0.5, 0.6) is 0 Å². The molecule has 0 radical (unpaired) electrons. The Labute approximate surface area is 121 Å². The van der Waals surface area contributed by atoms with Crippen molar-refractivity contribution < 1.29 is 4.79 Å². The Morgan fingerprint density at radius 1 is 1.53 bits per heavy atom. The summed E-state index contributed by atoms with van der Waals surface area (Å²) in [6.07, 6.45) is 1.02. The average Bonchev–Trinajstić information content (AvgIpc) is 2.96. The number of carbonyl (C=O) groups is 1. The standard InChI is InChI=1S/C14H15ClN2OS/c1-17-6-5-9(8-17)16-14(18)13-7-10-11(15)3-2-4-12(10)19-13/h2-4,7,9H,5-6,8H2,1H3,(H,16,18)/t9-/m1/s1. The molecule has 3 nitrogen and oxygen atoms in total. The maximum absolute atomic E-state index is 12.2. The van der Waals surface area contributed by atoms with Crippen molar-refractivity contribution in [2.75, 3.05) is 20.1 Å².